The van der Waals surface area contributed by atoms with Gasteiger partial charge in [-0.25, -0.2) is 0 Å². The topological polar surface area (TPSA) is 70.9 Å². The van der Waals surface area contributed by atoms with Gasteiger partial charge in [0.1, 0.15) is 11.5 Å². The second kappa shape index (κ2) is 6.09. The van der Waals surface area contributed by atoms with E-state index >= 15 is 0 Å². The first-order valence-corrected chi connectivity index (χ1v) is 8.18. The number of Topliss-reactive ketones (excluding diaryl/α,β-unsaturated/α-hetero) is 1. The van der Waals surface area contributed by atoms with E-state index in [1.165, 1.54) is 0 Å². The van der Waals surface area contributed by atoms with Gasteiger partial charge in [-0.15, -0.1) is 0 Å². The quantitative estimate of drug-likeness (QED) is 0.904. The van der Waals surface area contributed by atoms with Crippen LogP contribution in [0.15, 0.2) is 59.2 Å². The third kappa shape index (κ3) is 2.67. The molecule has 1 heterocycles. The molecule has 1 atom stereocenters. The fourth-order valence-corrected chi connectivity index (χ4v) is 3.36. The van der Waals surface area contributed by atoms with Gasteiger partial charge in [-0.3, -0.25) is 4.79 Å². The zero-order valence-corrected chi connectivity index (χ0v) is 13.8. The van der Waals surface area contributed by atoms with E-state index in [4.69, 9.17) is 4.74 Å². The zero-order valence-electron chi connectivity index (χ0n) is 13.8. The summed E-state index contributed by atoms with van der Waals surface area (Å²) in [7, 11) is 1.63. The molecule has 0 aromatic heterocycles. The second-order valence-electron chi connectivity index (χ2n) is 6.20. The number of benzene rings is 2. The minimum atomic E-state index is -0.0906. The highest BCUT2D eigenvalue weighted by Gasteiger charge is 2.32. The van der Waals surface area contributed by atoms with Crippen LogP contribution in [-0.2, 0) is 11.2 Å². The predicted molar refractivity (Wildman–Crippen MR) is 95.6 cm³/mol. The number of allylic oxidation sites excluding steroid dienone is 1. The molecule has 25 heavy (non-hydrogen) atoms. The Morgan fingerprint density at radius 3 is 2.68 bits per heavy atom. The summed E-state index contributed by atoms with van der Waals surface area (Å²) in [5.41, 5.74) is 6.64. The highest BCUT2D eigenvalue weighted by Crippen LogP contribution is 2.33. The third-order valence-electron chi connectivity index (χ3n) is 4.70. The van der Waals surface area contributed by atoms with Crippen molar-refractivity contribution in [2.24, 2.45) is 5.10 Å². The van der Waals surface area contributed by atoms with Crippen LogP contribution in [0, 0.1) is 0 Å². The van der Waals surface area contributed by atoms with Gasteiger partial charge < -0.3 is 15.3 Å². The zero-order chi connectivity index (χ0) is 17.4. The minimum Gasteiger partial charge on any atom is -0.506 e. The van der Waals surface area contributed by atoms with Crippen LogP contribution in [-0.4, -0.2) is 23.7 Å². The molecular formula is C20H18N2O3. The fourth-order valence-electron chi connectivity index (χ4n) is 3.36. The van der Waals surface area contributed by atoms with Gasteiger partial charge in [-0.1, -0.05) is 36.4 Å². The molecule has 2 N–H and O–H groups in total. The lowest BCUT2D eigenvalue weighted by atomic mass is 9.85. The Bertz CT molecular complexity index is 897. The van der Waals surface area contributed by atoms with Gasteiger partial charge in [0.15, 0.2) is 5.78 Å². The summed E-state index contributed by atoms with van der Waals surface area (Å²) in [6.07, 6.45) is 0.849. The molecule has 2 aromatic rings. The van der Waals surface area contributed by atoms with E-state index < -0.39 is 0 Å². The normalized spacial score (nSPS) is 19.3. The predicted octanol–water partition coefficient (Wildman–Crippen LogP) is 3.18. The lowest BCUT2D eigenvalue weighted by Crippen LogP contribution is -2.21. The fraction of sp³-hybridized carbons (Fsp3) is 0.200. The summed E-state index contributed by atoms with van der Waals surface area (Å²) in [6.45, 7) is 0. The highest BCUT2D eigenvalue weighted by atomic mass is 16.5. The molecule has 0 bridgehead atoms. The van der Waals surface area contributed by atoms with E-state index in [9.17, 15) is 9.90 Å². The Morgan fingerprint density at radius 2 is 1.92 bits per heavy atom. The summed E-state index contributed by atoms with van der Waals surface area (Å²) in [5, 5.41) is 14.9. The number of rotatable bonds is 3. The number of nitrogens with zero attached hydrogens (tertiary/aromatic N) is 1. The molecule has 0 saturated carbocycles. The number of hydrazone groups is 1. The minimum absolute atomic E-state index is 0.0221. The standard InChI is InChI=1S/C20H18N2O3/c1-25-14-8-6-12(7-9-14)16-11-17(22-21-16)19-18(23)10-13-4-2-3-5-15(13)20(19)24/h2-9,16,21,24H,10-11H2,1H3. The molecule has 0 amide bonds. The van der Waals surface area contributed by atoms with Gasteiger partial charge in [-0.2, -0.15) is 5.10 Å². The molecule has 1 aliphatic carbocycles. The lowest BCUT2D eigenvalue weighted by Gasteiger charge is -2.18. The van der Waals surface area contributed by atoms with Crippen molar-refractivity contribution in [3.8, 4) is 5.75 Å². The van der Waals surface area contributed by atoms with E-state index in [0.717, 1.165) is 16.9 Å². The van der Waals surface area contributed by atoms with Crippen molar-refractivity contribution in [3.05, 3.63) is 70.8 Å². The number of hydrogen-bond acceptors (Lipinski definition) is 5. The summed E-state index contributed by atoms with van der Waals surface area (Å²) in [5.74, 6) is 0.734. The molecular weight excluding hydrogens is 316 g/mol. The van der Waals surface area contributed by atoms with Crippen LogP contribution < -0.4 is 10.2 Å². The van der Waals surface area contributed by atoms with Crippen LogP contribution >= 0.6 is 0 Å². The first kappa shape index (κ1) is 15.4. The number of nitrogens with one attached hydrogen (secondary N) is 1. The Labute approximate surface area is 145 Å². The number of ether oxygens (including phenoxy) is 1. The van der Waals surface area contributed by atoms with E-state index in [0.29, 0.717) is 29.7 Å². The maximum atomic E-state index is 12.5. The van der Waals surface area contributed by atoms with Gasteiger partial charge in [0.05, 0.1) is 24.4 Å². The largest absolute Gasteiger partial charge is 0.506 e. The van der Waals surface area contributed by atoms with E-state index in [2.05, 4.69) is 10.5 Å². The number of aliphatic hydroxyl groups is 1. The van der Waals surface area contributed by atoms with Crippen molar-refractivity contribution in [1.29, 1.82) is 0 Å². The molecule has 4 rings (SSSR count). The molecule has 0 fully saturated rings. The van der Waals surface area contributed by atoms with Crippen LogP contribution in [0.3, 0.4) is 0 Å². The Morgan fingerprint density at radius 1 is 1.16 bits per heavy atom. The third-order valence-corrected chi connectivity index (χ3v) is 4.70. The van der Waals surface area contributed by atoms with Gasteiger partial charge in [-0.05, 0) is 23.3 Å². The molecule has 5 nitrogen and oxygen atoms in total. The molecule has 0 saturated heterocycles. The summed E-state index contributed by atoms with van der Waals surface area (Å²) < 4.78 is 5.18. The van der Waals surface area contributed by atoms with Crippen molar-refractivity contribution in [3.63, 3.8) is 0 Å². The van der Waals surface area contributed by atoms with Gasteiger partial charge in [0.2, 0.25) is 0 Å². The van der Waals surface area contributed by atoms with Crippen molar-refractivity contribution < 1.29 is 14.6 Å². The monoisotopic (exact) mass is 334 g/mol. The number of carbonyl (C=O) groups excluding carboxylic acids is 1. The van der Waals surface area contributed by atoms with Gasteiger partial charge in [0.25, 0.3) is 0 Å². The Balaban J connectivity index is 1.61. The smallest absolute Gasteiger partial charge is 0.172 e. The molecule has 5 heteroatoms. The molecule has 0 spiro atoms. The van der Waals surface area contributed by atoms with Crippen molar-refractivity contribution in [2.75, 3.05) is 7.11 Å². The van der Waals surface area contributed by atoms with Crippen LogP contribution in [0.2, 0.25) is 0 Å². The Kier molecular flexibility index (Phi) is 3.76. The Hall–Kier alpha value is -3.08. The molecule has 2 aromatic carbocycles. The summed E-state index contributed by atoms with van der Waals surface area (Å²) in [4.78, 5) is 12.5. The van der Waals surface area contributed by atoms with E-state index in [1.807, 2.05) is 48.5 Å². The van der Waals surface area contributed by atoms with E-state index in [1.54, 1.807) is 7.11 Å². The van der Waals surface area contributed by atoms with Crippen LogP contribution in [0.5, 0.6) is 5.75 Å². The SMILES string of the molecule is COc1ccc(C2CC(C3=C(O)c4ccccc4CC3=O)=NN2)cc1. The van der Waals surface area contributed by atoms with Crippen molar-refractivity contribution >= 4 is 17.3 Å². The maximum Gasteiger partial charge on any atom is 0.172 e. The number of fused-ring (bicyclic) bond motifs is 1. The molecule has 1 unspecified atom stereocenters. The van der Waals surface area contributed by atoms with Crippen molar-refractivity contribution in [1.82, 2.24) is 5.43 Å². The maximum absolute atomic E-state index is 12.5. The van der Waals surface area contributed by atoms with Gasteiger partial charge >= 0.3 is 0 Å². The molecule has 126 valence electrons. The molecule has 1 aliphatic heterocycles. The number of aliphatic hydroxyl groups excluding tert-OH is 1. The number of ketones is 1. The van der Waals surface area contributed by atoms with Crippen LogP contribution in [0.4, 0.5) is 0 Å². The summed E-state index contributed by atoms with van der Waals surface area (Å²) >= 11 is 0. The first-order chi connectivity index (χ1) is 12.2. The first-order valence-electron chi connectivity index (χ1n) is 8.18. The number of hydrogen-bond donors (Lipinski definition) is 2. The second-order valence-corrected chi connectivity index (χ2v) is 6.20. The van der Waals surface area contributed by atoms with Crippen molar-refractivity contribution in [2.45, 2.75) is 18.9 Å². The summed E-state index contributed by atoms with van der Waals surface area (Å²) in [6, 6.07) is 15.2. The number of methoxy groups -OCH3 is 1. The average Bonchev–Trinajstić information content (AvgIpc) is 3.11. The van der Waals surface area contributed by atoms with Crippen LogP contribution in [0.25, 0.3) is 5.76 Å². The highest BCUT2D eigenvalue weighted by molar-refractivity contribution is 6.28. The van der Waals surface area contributed by atoms with Crippen LogP contribution in [0.1, 0.15) is 29.2 Å². The molecule has 0 radical (unpaired) electrons. The molecule has 2 aliphatic rings. The van der Waals surface area contributed by atoms with Gasteiger partial charge in [0, 0.05) is 18.4 Å². The number of carbonyl (C=O) groups is 1. The van der Waals surface area contributed by atoms with E-state index in [-0.39, 0.29) is 17.6 Å². The lowest BCUT2D eigenvalue weighted by molar-refractivity contribution is -0.114. The average molecular weight is 334 g/mol.